The fourth-order valence-corrected chi connectivity index (χ4v) is 0.960. The molecule has 0 aromatic heterocycles. The van der Waals surface area contributed by atoms with Crippen molar-refractivity contribution >= 4 is 5.91 Å². The van der Waals surface area contributed by atoms with E-state index >= 15 is 0 Å². The number of alkyl halides is 3. The van der Waals surface area contributed by atoms with Crippen LogP contribution < -0.4 is 10.2 Å². The zero-order valence-electron chi connectivity index (χ0n) is 8.17. The monoisotopic (exact) mass is 235 g/mol. The van der Waals surface area contributed by atoms with Crippen LogP contribution >= 0.6 is 0 Å². The fraction of sp³-hybridized carbons (Fsp3) is 0.222. The van der Waals surface area contributed by atoms with Gasteiger partial charge < -0.3 is 4.74 Å². The first-order chi connectivity index (χ1) is 7.42. The van der Waals surface area contributed by atoms with Crippen LogP contribution in [0.2, 0.25) is 0 Å². The molecule has 1 N–H and O–H groups in total. The molecule has 0 spiro atoms. The number of hydroxylamine groups is 1. The van der Waals surface area contributed by atoms with Crippen LogP contribution in [0.3, 0.4) is 0 Å². The predicted octanol–water partition coefficient (Wildman–Crippen LogP) is 1.88. The van der Waals surface area contributed by atoms with Gasteiger partial charge >= 0.3 is 6.36 Å². The lowest BCUT2D eigenvalue weighted by Gasteiger charge is -2.08. The van der Waals surface area contributed by atoms with Crippen molar-refractivity contribution in [3.8, 4) is 5.75 Å². The minimum absolute atomic E-state index is 0.163. The molecule has 0 fully saturated rings. The highest BCUT2D eigenvalue weighted by Crippen LogP contribution is 2.22. The van der Waals surface area contributed by atoms with Gasteiger partial charge in [-0.1, -0.05) is 0 Å². The van der Waals surface area contributed by atoms with Gasteiger partial charge in [-0.2, -0.15) is 0 Å². The van der Waals surface area contributed by atoms with E-state index in [0.29, 0.717) is 0 Å². The van der Waals surface area contributed by atoms with E-state index in [-0.39, 0.29) is 11.3 Å². The minimum atomic E-state index is -4.74. The summed E-state index contributed by atoms with van der Waals surface area (Å²) < 4.78 is 39.0. The molecule has 1 aromatic rings. The summed E-state index contributed by atoms with van der Waals surface area (Å²) in [6.45, 7) is 0. The van der Waals surface area contributed by atoms with Crippen LogP contribution in [0, 0.1) is 0 Å². The largest absolute Gasteiger partial charge is 0.573 e. The summed E-state index contributed by atoms with van der Waals surface area (Å²) in [4.78, 5) is 15.5. The average Bonchev–Trinajstić information content (AvgIpc) is 2.16. The molecule has 0 saturated carbocycles. The lowest BCUT2D eigenvalue weighted by atomic mass is 10.2. The normalized spacial score (nSPS) is 11.0. The quantitative estimate of drug-likeness (QED) is 0.813. The highest BCUT2D eigenvalue weighted by Gasteiger charge is 2.31. The van der Waals surface area contributed by atoms with E-state index in [1.54, 1.807) is 0 Å². The maximum Gasteiger partial charge on any atom is 0.573 e. The van der Waals surface area contributed by atoms with Crippen molar-refractivity contribution < 1.29 is 27.5 Å². The van der Waals surface area contributed by atoms with Crippen molar-refractivity contribution in [2.45, 2.75) is 6.36 Å². The smallest absolute Gasteiger partial charge is 0.406 e. The number of benzene rings is 1. The highest BCUT2D eigenvalue weighted by atomic mass is 19.4. The molecule has 0 radical (unpaired) electrons. The zero-order valence-corrected chi connectivity index (χ0v) is 8.17. The van der Waals surface area contributed by atoms with E-state index < -0.39 is 12.3 Å². The van der Waals surface area contributed by atoms with Crippen molar-refractivity contribution in [2.75, 3.05) is 7.11 Å². The standard InChI is InChI=1S/C9H8F3NO3/c1-15-13-8(14)6-2-4-7(5-3-6)16-9(10,11)12/h2-5H,1H3,(H,13,14). The van der Waals surface area contributed by atoms with Gasteiger partial charge in [-0.15, -0.1) is 13.2 Å². The van der Waals surface area contributed by atoms with Gasteiger partial charge in [-0.25, -0.2) is 5.48 Å². The third-order valence-corrected chi connectivity index (χ3v) is 1.54. The summed E-state index contributed by atoms with van der Waals surface area (Å²) in [6.07, 6.45) is -4.74. The Hall–Kier alpha value is -1.76. The number of amides is 1. The molecule has 0 saturated heterocycles. The van der Waals surface area contributed by atoms with E-state index in [4.69, 9.17) is 0 Å². The summed E-state index contributed by atoms with van der Waals surface area (Å²) in [6, 6.07) is 4.46. The highest BCUT2D eigenvalue weighted by molar-refractivity contribution is 5.93. The minimum Gasteiger partial charge on any atom is -0.406 e. The van der Waals surface area contributed by atoms with Crippen LogP contribution in [-0.4, -0.2) is 19.4 Å². The Morgan fingerprint density at radius 1 is 1.25 bits per heavy atom. The first-order valence-electron chi connectivity index (χ1n) is 4.11. The summed E-state index contributed by atoms with van der Waals surface area (Å²) in [5, 5.41) is 0. The topological polar surface area (TPSA) is 47.6 Å². The van der Waals surface area contributed by atoms with Crippen LogP contribution in [0.25, 0.3) is 0 Å². The molecule has 1 rings (SSSR count). The predicted molar refractivity (Wildman–Crippen MR) is 47.6 cm³/mol. The Kier molecular flexibility index (Phi) is 3.73. The van der Waals surface area contributed by atoms with Crippen molar-refractivity contribution in [3.05, 3.63) is 29.8 Å². The van der Waals surface area contributed by atoms with Gasteiger partial charge in [0.1, 0.15) is 5.75 Å². The Morgan fingerprint density at radius 3 is 2.25 bits per heavy atom. The molecule has 16 heavy (non-hydrogen) atoms. The van der Waals surface area contributed by atoms with Gasteiger partial charge in [0.25, 0.3) is 5.91 Å². The van der Waals surface area contributed by atoms with Crippen LogP contribution in [0.1, 0.15) is 10.4 Å². The number of hydrogen-bond acceptors (Lipinski definition) is 3. The Balaban J connectivity index is 2.72. The average molecular weight is 235 g/mol. The van der Waals surface area contributed by atoms with Gasteiger partial charge in [0.15, 0.2) is 0 Å². The molecular formula is C9H8F3NO3. The summed E-state index contributed by atoms with van der Waals surface area (Å²) in [7, 11) is 1.25. The number of halogens is 3. The third-order valence-electron chi connectivity index (χ3n) is 1.54. The van der Waals surface area contributed by atoms with Gasteiger partial charge in [0.2, 0.25) is 0 Å². The summed E-state index contributed by atoms with van der Waals surface area (Å²) in [5.74, 6) is -0.942. The van der Waals surface area contributed by atoms with Gasteiger partial charge in [0.05, 0.1) is 7.11 Å². The molecule has 1 aromatic carbocycles. The molecule has 0 unspecified atom stereocenters. The number of rotatable bonds is 3. The van der Waals surface area contributed by atoms with Crippen molar-refractivity contribution in [1.29, 1.82) is 0 Å². The van der Waals surface area contributed by atoms with E-state index in [1.165, 1.54) is 19.2 Å². The Morgan fingerprint density at radius 2 is 1.81 bits per heavy atom. The molecule has 0 heterocycles. The van der Waals surface area contributed by atoms with Crippen LogP contribution in [0.5, 0.6) is 5.75 Å². The number of nitrogens with one attached hydrogen (secondary N) is 1. The molecule has 7 heteroatoms. The molecule has 0 atom stereocenters. The second kappa shape index (κ2) is 4.84. The lowest BCUT2D eigenvalue weighted by Crippen LogP contribution is -2.21. The first kappa shape index (κ1) is 12.3. The summed E-state index contributed by atoms with van der Waals surface area (Å²) >= 11 is 0. The molecule has 88 valence electrons. The van der Waals surface area contributed by atoms with E-state index in [9.17, 15) is 18.0 Å². The molecule has 0 aliphatic carbocycles. The van der Waals surface area contributed by atoms with Crippen LogP contribution in [0.4, 0.5) is 13.2 Å². The third kappa shape index (κ3) is 3.77. The number of carbonyl (C=O) groups is 1. The number of hydrogen-bond donors (Lipinski definition) is 1. The first-order valence-corrected chi connectivity index (χ1v) is 4.11. The second-order valence-electron chi connectivity index (χ2n) is 2.71. The molecular weight excluding hydrogens is 227 g/mol. The second-order valence-corrected chi connectivity index (χ2v) is 2.71. The maximum absolute atomic E-state index is 11.8. The van der Waals surface area contributed by atoms with Crippen molar-refractivity contribution in [2.24, 2.45) is 0 Å². The Bertz CT molecular complexity index is 361. The van der Waals surface area contributed by atoms with Crippen molar-refractivity contribution in [1.82, 2.24) is 5.48 Å². The zero-order chi connectivity index (χ0) is 12.2. The van der Waals surface area contributed by atoms with E-state index in [2.05, 4.69) is 9.57 Å². The van der Waals surface area contributed by atoms with Crippen LogP contribution in [0.15, 0.2) is 24.3 Å². The van der Waals surface area contributed by atoms with Gasteiger partial charge in [-0.05, 0) is 24.3 Å². The van der Waals surface area contributed by atoms with Gasteiger partial charge in [0, 0.05) is 5.56 Å². The van der Waals surface area contributed by atoms with Gasteiger partial charge in [-0.3, -0.25) is 9.63 Å². The van der Waals surface area contributed by atoms with E-state index in [0.717, 1.165) is 12.1 Å². The van der Waals surface area contributed by atoms with E-state index in [1.807, 2.05) is 5.48 Å². The molecule has 1 amide bonds. The number of carbonyl (C=O) groups excluding carboxylic acids is 1. The fourth-order valence-electron chi connectivity index (χ4n) is 0.960. The Labute approximate surface area is 88.9 Å². The SMILES string of the molecule is CONC(=O)c1ccc(OC(F)(F)F)cc1. The maximum atomic E-state index is 11.8. The molecule has 4 nitrogen and oxygen atoms in total. The molecule has 0 aliphatic heterocycles. The van der Waals surface area contributed by atoms with Crippen LogP contribution in [-0.2, 0) is 4.84 Å². The molecule has 0 bridgehead atoms. The number of ether oxygens (including phenoxy) is 1. The molecule has 0 aliphatic rings. The van der Waals surface area contributed by atoms with Crippen molar-refractivity contribution in [3.63, 3.8) is 0 Å². The lowest BCUT2D eigenvalue weighted by molar-refractivity contribution is -0.274. The summed E-state index contributed by atoms with van der Waals surface area (Å²) in [5.41, 5.74) is 2.19.